The van der Waals surface area contributed by atoms with Crippen LogP contribution in [0.4, 0.5) is 10.2 Å². The van der Waals surface area contributed by atoms with Crippen LogP contribution in [0.25, 0.3) is 0 Å². The maximum absolute atomic E-state index is 15.6. The molecule has 1 aliphatic rings. The predicted molar refractivity (Wildman–Crippen MR) is 155 cm³/mol. The number of rotatable bonds is 12. The fraction of sp³-hybridized carbons (Fsp3) is 0.290. The zero-order valence-corrected chi connectivity index (χ0v) is 22.5. The van der Waals surface area contributed by atoms with E-state index < -0.39 is 11.7 Å². The standard InChI is InChI=1S/C31H37FN4O/c1-7-10-11-13-27(18-22(4)24(6)35-21-33-9-3)28(12-8-2)29(32)19-23(5)31(37)36-30-20-26(16-17-34-30)25-14-15-25/h7-8,10-13,16-21,25H,4,9,14-15H2,1-3,5-6H3,(H,34,36,37)/b10-7+,12-8-,13-11+,23-19+,27-18+,29-28-,33-21?,35-24?. The first-order chi connectivity index (χ1) is 17.8. The van der Waals surface area contributed by atoms with Gasteiger partial charge in [-0.25, -0.2) is 14.4 Å². The highest BCUT2D eigenvalue weighted by Crippen LogP contribution is 2.40. The van der Waals surface area contributed by atoms with Gasteiger partial charge in [-0.1, -0.05) is 43.0 Å². The van der Waals surface area contributed by atoms with Crippen LogP contribution in [0.5, 0.6) is 0 Å². The summed E-state index contributed by atoms with van der Waals surface area (Å²) in [6, 6.07) is 3.85. The molecule has 0 radical (unpaired) electrons. The number of aliphatic imine (C=N–C) groups is 2. The van der Waals surface area contributed by atoms with Gasteiger partial charge in [0.25, 0.3) is 5.91 Å². The van der Waals surface area contributed by atoms with Gasteiger partial charge < -0.3 is 5.32 Å². The Kier molecular flexibility index (Phi) is 12.1. The van der Waals surface area contributed by atoms with Gasteiger partial charge in [-0.05, 0) is 94.4 Å². The molecule has 0 unspecified atom stereocenters. The van der Waals surface area contributed by atoms with Gasteiger partial charge in [0.05, 0.1) is 0 Å². The van der Waals surface area contributed by atoms with Crippen LogP contribution in [0.2, 0.25) is 0 Å². The molecule has 0 atom stereocenters. The van der Waals surface area contributed by atoms with Gasteiger partial charge in [-0.15, -0.1) is 0 Å². The number of amides is 1. The van der Waals surface area contributed by atoms with E-state index in [1.54, 1.807) is 37.4 Å². The molecule has 0 aromatic carbocycles. The van der Waals surface area contributed by atoms with Crippen LogP contribution in [0.3, 0.4) is 0 Å². The fourth-order valence-corrected chi connectivity index (χ4v) is 3.28. The summed E-state index contributed by atoms with van der Waals surface area (Å²) >= 11 is 0. The predicted octanol–water partition coefficient (Wildman–Crippen LogP) is 7.77. The highest BCUT2D eigenvalue weighted by molar-refractivity contribution is 6.04. The van der Waals surface area contributed by atoms with Crippen LogP contribution in [-0.4, -0.2) is 29.5 Å². The molecular formula is C31H37FN4O. The second-order valence-corrected chi connectivity index (χ2v) is 8.63. The average molecular weight is 501 g/mol. The zero-order chi connectivity index (χ0) is 27.2. The summed E-state index contributed by atoms with van der Waals surface area (Å²) in [4.78, 5) is 25.4. The van der Waals surface area contributed by atoms with Crippen LogP contribution < -0.4 is 5.32 Å². The molecule has 2 rings (SSSR count). The molecule has 1 aromatic rings. The van der Waals surface area contributed by atoms with E-state index in [1.165, 1.54) is 12.4 Å². The van der Waals surface area contributed by atoms with Crippen molar-refractivity contribution in [1.82, 2.24) is 4.98 Å². The molecule has 194 valence electrons. The van der Waals surface area contributed by atoms with Gasteiger partial charge in [0.2, 0.25) is 0 Å². The van der Waals surface area contributed by atoms with Gasteiger partial charge in [-0.2, -0.15) is 0 Å². The van der Waals surface area contributed by atoms with Crippen LogP contribution in [-0.2, 0) is 4.79 Å². The molecule has 0 aliphatic heterocycles. The first kappa shape index (κ1) is 29.3. The molecule has 1 fully saturated rings. The lowest BCUT2D eigenvalue weighted by atomic mass is 9.99. The lowest BCUT2D eigenvalue weighted by Gasteiger charge is -2.09. The molecule has 1 saturated carbocycles. The Labute approximate surface area is 220 Å². The summed E-state index contributed by atoms with van der Waals surface area (Å²) in [5.74, 6) is 0.0553. The second-order valence-electron chi connectivity index (χ2n) is 8.63. The maximum Gasteiger partial charge on any atom is 0.252 e. The van der Waals surface area contributed by atoms with Crippen molar-refractivity contribution < 1.29 is 9.18 Å². The molecule has 1 heterocycles. The van der Waals surface area contributed by atoms with Gasteiger partial charge in [0.15, 0.2) is 0 Å². The third-order valence-corrected chi connectivity index (χ3v) is 5.57. The number of carbonyl (C=O) groups is 1. The van der Waals surface area contributed by atoms with Crippen LogP contribution in [0.1, 0.15) is 58.9 Å². The smallest absolute Gasteiger partial charge is 0.252 e. The topological polar surface area (TPSA) is 66.7 Å². The summed E-state index contributed by atoms with van der Waals surface area (Å²) < 4.78 is 15.6. The zero-order valence-electron chi connectivity index (χ0n) is 22.5. The number of nitrogens with zero attached hydrogens (tertiary/aromatic N) is 3. The van der Waals surface area contributed by atoms with Gasteiger partial charge in [-0.3, -0.25) is 9.79 Å². The largest absolute Gasteiger partial charge is 0.307 e. The quantitative estimate of drug-likeness (QED) is 0.138. The first-order valence-electron chi connectivity index (χ1n) is 12.5. The third kappa shape index (κ3) is 9.92. The molecule has 1 aliphatic carbocycles. The monoisotopic (exact) mass is 500 g/mol. The Morgan fingerprint density at radius 2 is 1.95 bits per heavy atom. The SMILES string of the molecule is C=C(/C=C(\C=C\C=C\C)C(/C=C\C)=C(F)/C=C(\C)C(=O)Nc1cc(C2CC2)ccn1)C(C)=NC=NCC. The van der Waals surface area contributed by atoms with E-state index in [1.807, 2.05) is 58.1 Å². The molecule has 1 aromatic heterocycles. The second kappa shape index (κ2) is 15.2. The van der Waals surface area contributed by atoms with Crippen molar-refractivity contribution >= 4 is 23.8 Å². The molecular weight excluding hydrogens is 463 g/mol. The van der Waals surface area contributed by atoms with Crippen LogP contribution in [0.15, 0.2) is 112 Å². The van der Waals surface area contributed by atoms with E-state index in [4.69, 9.17) is 0 Å². The summed E-state index contributed by atoms with van der Waals surface area (Å²) in [5.41, 5.74) is 3.58. The summed E-state index contributed by atoms with van der Waals surface area (Å²) in [5, 5.41) is 2.78. The number of hydrogen-bond acceptors (Lipinski definition) is 3. The molecule has 5 nitrogen and oxygen atoms in total. The van der Waals surface area contributed by atoms with Crippen LogP contribution in [0, 0.1) is 0 Å². The number of carbonyl (C=O) groups excluding carboxylic acids is 1. The number of hydrogen-bond donors (Lipinski definition) is 1. The minimum Gasteiger partial charge on any atom is -0.307 e. The third-order valence-electron chi connectivity index (χ3n) is 5.57. The Morgan fingerprint density at radius 1 is 1.19 bits per heavy atom. The Balaban J connectivity index is 2.40. The number of pyridine rings is 1. The number of nitrogens with one attached hydrogen (secondary N) is 1. The van der Waals surface area contributed by atoms with Gasteiger partial charge in [0, 0.05) is 29.6 Å². The van der Waals surface area contributed by atoms with Crippen molar-refractivity contribution in [2.45, 2.75) is 53.4 Å². The first-order valence-corrected chi connectivity index (χ1v) is 12.5. The molecule has 1 N–H and O–H groups in total. The lowest BCUT2D eigenvalue weighted by Crippen LogP contribution is -2.14. The van der Waals surface area contributed by atoms with Crippen molar-refractivity contribution in [3.63, 3.8) is 0 Å². The van der Waals surface area contributed by atoms with Crippen molar-refractivity contribution in [3.8, 4) is 0 Å². The number of allylic oxidation sites excluding steroid dienone is 12. The van der Waals surface area contributed by atoms with E-state index in [0.29, 0.717) is 40.7 Å². The van der Waals surface area contributed by atoms with E-state index >= 15 is 4.39 Å². The number of halogens is 1. The minimum absolute atomic E-state index is 0.224. The van der Waals surface area contributed by atoms with Crippen molar-refractivity contribution in [3.05, 3.63) is 107 Å². The van der Waals surface area contributed by atoms with Gasteiger partial charge >= 0.3 is 0 Å². The van der Waals surface area contributed by atoms with Crippen molar-refractivity contribution in [1.29, 1.82) is 0 Å². The molecule has 1 amide bonds. The minimum atomic E-state index is -0.545. The Morgan fingerprint density at radius 3 is 2.59 bits per heavy atom. The van der Waals surface area contributed by atoms with E-state index in [-0.39, 0.29) is 5.57 Å². The van der Waals surface area contributed by atoms with E-state index in [0.717, 1.165) is 18.4 Å². The molecule has 6 heteroatoms. The van der Waals surface area contributed by atoms with E-state index in [2.05, 4.69) is 26.9 Å². The highest BCUT2D eigenvalue weighted by Gasteiger charge is 2.23. The number of aromatic nitrogens is 1. The Bertz CT molecular complexity index is 1220. The normalized spacial score (nSPS) is 16.3. The molecule has 0 spiro atoms. The molecule has 37 heavy (non-hydrogen) atoms. The molecule has 0 saturated heterocycles. The summed E-state index contributed by atoms with van der Waals surface area (Å²) in [7, 11) is 0. The molecule has 0 bridgehead atoms. The lowest BCUT2D eigenvalue weighted by molar-refractivity contribution is -0.112. The van der Waals surface area contributed by atoms with Crippen LogP contribution >= 0.6 is 0 Å². The van der Waals surface area contributed by atoms with Crippen molar-refractivity contribution in [2.24, 2.45) is 9.98 Å². The van der Waals surface area contributed by atoms with Crippen molar-refractivity contribution in [2.75, 3.05) is 11.9 Å². The number of anilines is 1. The summed E-state index contributed by atoms with van der Waals surface area (Å²) in [6.07, 6.45) is 19.3. The highest BCUT2D eigenvalue weighted by atomic mass is 19.1. The summed E-state index contributed by atoms with van der Waals surface area (Å²) in [6.45, 7) is 13.8. The van der Waals surface area contributed by atoms with Gasteiger partial charge in [0.1, 0.15) is 18.0 Å². The van der Waals surface area contributed by atoms with E-state index in [9.17, 15) is 4.79 Å². The fourth-order valence-electron chi connectivity index (χ4n) is 3.28. The Hall–Kier alpha value is -3.93. The average Bonchev–Trinajstić information content (AvgIpc) is 3.72. The maximum atomic E-state index is 15.6.